The molecule has 0 aliphatic rings. The van der Waals surface area contributed by atoms with Crippen molar-refractivity contribution in [1.29, 1.82) is 0 Å². The number of hydrogen-bond donors (Lipinski definition) is 2. The van der Waals surface area contributed by atoms with Crippen molar-refractivity contribution in [1.82, 2.24) is 10.3 Å². The summed E-state index contributed by atoms with van der Waals surface area (Å²) >= 11 is 13.3. The van der Waals surface area contributed by atoms with Gasteiger partial charge in [-0.3, -0.25) is 0 Å². The van der Waals surface area contributed by atoms with Crippen LogP contribution in [0.5, 0.6) is 5.75 Å². The van der Waals surface area contributed by atoms with E-state index < -0.39 is 16.6 Å². The highest BCUT2D eigenvalue weighted by Crippen LogP contribution is 2.39. The van der Waals surface area contributed by atoms with Crippen molar-refractivity contribution in [3.63, 3.8) is 0 Å². The van der Waals surface area contributed by atoms with Crippen molar-refractivity contribution in [2.75, 3.05) is 20.3 Å². The van der Waals surface area contributed by atoms with Gasteiger partial charge in [-0.25, -0.2) is 9.78 Å². The second kappa shape index (κ2) is 10.7. The monoisotopic (exact) mass is 558 g/mol. The van der Waals surface area contributed by atoms with Crippen LogP contribution in [0.3, 0.4) is 0 Å². The number of ether oxygens (including phenoxy) is 3. The number of aromatic nitrogens is 1. The second-order valence-corrected chi connectivity index (χ2v) is 11.0. The smallest absolute Gasteiger partial charge is 0.408 e. The lowest BCUT2D eigenvalue weighted by molar-refractivity contribution is 0.0442. The molecule has 6 nitrogen and oxygen atoms in total. The van der Waals surface area contributed by atoms with Gasteiger partial charge in [0.2, 0.25) is 0 Å². The van der Waals surface area contributed by atoms with Crippen molar-refractivity contribution in [2.45, 2.75) is 64.9 Å². The molecule has 166 valence electrons. The van der Waals surface area contributed by atoms with E-state index in [4.69, 9.17) is 38.4 Å². The minimum atomic E-state index is -0.891. The first-order valence-corrected chi connectivity index (χ1v) is 11.3. The normalized spacial score (nSPS) is 14.3. The summed E-state index contributed by atoms with van der Waals surface area (Å²) in [5.74, 6) is 0.500. The van der Waals surface area contributed by atoms with E-state index in [9.17, 15) is 4.79 Å². The van der Waals surface area contributed by atoms with E-state index in [1.807, 2.05) is 47.6 Å². The fourth-order valence-corrected chi connectivity index (χ4v) is 3.53. The van der Waals surface area contributed by atoms with Gasteiger partial charge < -0.3 is 19.5 Å². The van der Waals surface area contributed by atoms with Crippen molar-refractivity contribution < 1.29 is 19.0 Å². The Bertz CT molecular complexity index is 707. The van der Waals surface area contributed by atoms with E-state index in [0.29, 0.717) is 30.5 Å². The van der Waals surface area contributed by atoms with Gasteiger partial charge in [-0.2, -0.15) is 12.6 Å². The highest BCUT2D eigenvalue weighted by Gasteiger charge is 2.42. The predicted octanol–water partition coefficient (Wildman–Crippen LogP) is 5.49. The molecule has 0 bridgehead atoms. The standard InChI is InChI=1S/C20H32ClIN2O4S/c1-18(2,3)20(29,24-17(25)28-19(4,5)6)12-13-11-14(15(21)23-16(13)22)27-10-8-9-26-7/h11,29H,8-10,12H2,1-7H3,(H,24,25)/t20-/m0/s1. The number of alkyl carbamates (subject to hydrolysis) is 1. The molecule has 0 fully saturated rings. The fraction of sp³-hybridized carbons (Fsp3) is 0.700. The zero-order chi connectivity index (χ0) is 22.5. The Morgan fingerprint density at radius 1 is 1.24 bits per heavy atom. The predicted molar refractivity (Wildman–Crippen MR) is 128 cm³/mol. The van der Waals surface area contributed by atoms with E-state index in [1.54, 1.807) is 7.11 Å². The lowest BCUT2D eigenvalue weighted by atomic mass is 9.82. The lowest BCUT2D eigenvalue weighted by Crippen LogP contribution is -2.55. The van der Waals surface area contributed by atoms with E-state index in [0.717, 1.165) is 15.7 Å². The van der Waals surface area contributed by atoms with Crippen LogP contribution in [0.2, 0.25) is 5.15 Å². The van der Waals surface area contributed by atoms with Crippen LogP contribution in [0.25, 0.3) is 0 Å². The maximum atomic E-state index is 12.5. The van der Waals surface area contributed by atoms with Crippen LogP contribution in [-0.4, -0.2) is 41.9 Å². The number of rotatable bonds is 8. The summed E-state index contributed by atoms with van der Waals surface area (Å²) in [4.78, 5) is 16.0. The zero-order valence-electron chi connectivity index (χ0n) is 18.2. The molecule has 0 radical (unpaired) electrons. The van der Waals surface area contributed by atoms with Crippen LogP contribution >= 0.6 is 46.8 Å². The number of carbonyl (C=O) groups excluding carboxylic acids is 1. The zero-order valence-corrected chi connectivity index (χ0v) is 22.0. The van der Waals surface area contributed by atoms with Gasteiger partial charge in [-0.15, -0.1) is 0 Å². The Labute approximate surface area is 198 Å². The molecule has 29 heavy (non-hydrogen) atoms. The van der Waals surface area contributed by atoms with Gasteiger partial charge in [0.05, 0.1) is 11.5 Å². The van der Waals surface area contributed by atoms with Gasteiger partial charge in [-0.05, 0) is 60.4 Å². The maximum Gasteiger partial charge on any atom is 0.408 e. The maximum absolute atomic E-state index is 12.5. The molecule has 1 amide bonds. The number of methoxy groups -OCH3 is 1. The Balaban J connectivity index is 3.11. The molecule has 1 atom stereocenters. The topological polar surface area (TPSA) is 69.7 Å². The summed E-state index contributed by atoms with van der Waals surface area (Å²) in [6.45, 7) is 12.6. The van der Waals surface area contributed by atoms with Gasteiger partial charge in [-0.1, -0.05) is 32.4 Å². The minimum Gasteiger partial charge on any atom is -0.490 e. The van der Waals surface area contributed by atoms with Crippen LogP contribution in [0.1, 0.15) is 53.5 Å². The number of amides is 1. The van der Waals surface area contributed by atoms with E-state index in [-0.39, 0.29) is 5.41 Å². The van der Waals surface area contributed by atoms with Crippen LogP contribution in [0.4, 0.5) is 4.79 Å². The molecule has 0 aromatic carbocycles. The number of hydrogen-bond acceptors (Lipinski definition) is 6. The number of nitrogens with zero attached hydrogens (tertiary/aromatic N) is 1. The SMILES string of the molecule is COCCCOc1cc(C[C@@](S)(NC(=O)OC(C)(C)C)C(C)(C)C)c(I)nc1Cl. The second-order valence-electron chi connectivity index (χ2n) is 8.84. The summed E-state index contributed by atoms with van der Waals surface area (Å²) in [5, 5.41) is 3.24. The number of carbonyl (C=O) groups is 1. The van der Waals surface area contributed by atoms with Crippen LogP contribution < -0.4 is 10.1 Å². The average molecular weight is 559 g/mol. The van der Waals surface area contributed by atoms with Crippen molar-refractivity contribution >= 4 is 52.9 Å². The molecule has 0 aliphatic heterocycles. The third-order valence-corrected chi connectivity index (χ3v) is 6.26. The average Bonchev–Trinajstić information content (AvgIpc) is 2.52. The van der Waals surface area contributed by atoms with Crippen molar-refractivity contribution in [2.24, 2.45) is 5.41 Å². The van der Waals surface area contributed by atoms with Gasteiger partial charge >= 0.3 is 6.09 Å². The first-order chi connectivity index (χ1) is 13.2. The van der Waals surface area contributed by atoms with Gasteiger partial charge in [0, 0.05) is 26.6 Å². The highest BCUT2D eigenvalue weighted by molar-refractivity contribution is 14.1. The van der Waals surface area contributed by atoms with Crippen LogP contribution in [0.15, 0.2) is 6.07 Å². The number of thiol groups is 1. The first kappa shape index (κ1) is 26.6. The Morgan fingerprint density at radius 2 is 1.86 bits per heavy atom. The summed E-state index contributed by atoms with van der Waals surface area (Å²) in [6, 6.07) is 1.86. The van der Waals surface area contributed by atoms with Crippen molar-refractivity contribution in [3.05, 3.63) is 20.5 Å². The molecular formula is C20H32ClIN2O4S. The summed E-state index contributed by atoms with van der Waals surface area (Å²) in [7, 11) is 1.65. The van der Waals surface area contributed by atoms with E-state index in [1.165, 1.54) is 0 Å². The Kier molecular flexibility index (Phi) is 9.83. The molecular weight excluding hydrogens is 527 g/mol. The minimum absolute atomic E-state index is 0.302. The largest absolute Gasteiger partial charge is 0.490 e. The third kappa shape index (κ3) is 8.67. The quantitative estimate of drug-likeness (QED) is 0.145. The number of nitrogens with one attached hydrogen (secondary N) is 1. The first-order valence-electron chi connectivity index (χ1n) is 9.39. The Morgan fingerprint density at radius 3 is 2.38 bits per heavy atom. The molecule has 1 rings (SSSR count). The van der Waals surface area contributed by atoms with Crippen LogP contribution in [0, 0.1) is 9.12 Å². The molecule has 1 N–H and O–H groups in total. The molecule has 1 aromatic rings. The molecule has 0 unspecified atom stereocenters. The van der Waals surface area contributed by atoms with Crippen LogP contribution in [-0.2, 0) is 15.9 Å². The van der Waals surface area contributed by atoms with E-state index >= 15 is 0 Å². The molecule has 0 saturated carbocycles. The molecule has 0 saturated heterocycles. The molecule has 0 spiro atoms. The summed E-state index contributed by atoms with van der Waals surface area (Å²) in [5.41, 5.74) is -0.108. The third-order valence-electron chi connectivity index (χ3n) is 4.12. The van der Waals surface area contributed by atoms with Gasteiger partial charge in [0.1, 0.15) is 9.30 Å². The summed E-state index contributed by atoms with van der Waals surface area (Å²) in [6.07, 6.45) is 0.637. The van der Waals surface area contributed by atoms with Crippen molar-refractivity contribution in [3.8, 4) is 5.75 Å². The lowest BCUT2D eigenvalue weighted by Gasteiger charge is -2.42. The fourth-order valence-electron chi connectivity index (χ4n) is 2.35. The van der Waals surface area contributed by atoms with Gasteiger partial charge in [0.15, 0.2) is 10.9 Å². The highest BCUT2D eigenvalue weighted by atomic mass is 127. The Hall–Kier alpha value is -0.450. The molecule has 9 heteroatoms. The summed E-state index contributed by atoms with van der Waals surface area (Å²) < 4.78 is 17.0. The number of halogens is 2. The van der Waals surface area contributed by atoms with E-state index in [2.05, 4.69) is 32.9 Å². The molecule has 0 aliphatic carbocycles. The molecule has 1 aromatic heterocycles. The number of pyridine rings is 1. The molecule has 1 heterocycles. The van der Waals surface area contributed by atoms with Gasteiger partial charge in [0.25, 0.3) is 0 Å².